The summed E-state index contributed by atoms with van der Waals surface area (Å²) < 4.78 is 58.6. The molecule has 5 rings (SSSR count). The number of fused-ring (bicyclic) bond motifs is 1. The minimum absolute atomic E-state index is 0.120. The molecule has 230 valence electrons. The molecule has 3 heterocycles. The normalized spacial score (nSPS) is 22.7. The van der Waals surface area contributed by atoms with Gasteiger partial charge in [0.15, 0.2) is 18.2 Å². The second-order valence-electron chi connectivity index (χ2n) is 11.3. The molecular formula is C29H38F4N6O3. The van der Waals surface area contributed by atoms with Crippen LogP contribution in [0.15, 0.2) is 24.5 Å². The first-order valence-corrected chi connectivity index (χ1v) is 14.5. The van der Waals surface area contributed by atoms with Gasteiger partial charge in [-0.2, -0.15) is 8.78 Å². The largest absolute Gasteiger partial charge is 0.427 e. The van der Waals surface area contributed by atoms with E-state index in [0.717, 1.165) is 56.2 Å². The average molecular weight is 595 g/mol. The van der Waals surface area contributed by atoms with Crippen LogP contribution in [0.4, 0.5) is 23.4 Å². The van der Waals surface area contributed by atoms with Crippen LogP contribution >= 0.6 is 0 Å². The van der Waals surface area contributed by atoms with Gasteiger partial charge in [-0.15, -0.1) is 0 Å². The summed E-state index contributed by atoms with van der Waals surface area (Å²) in [6.45, 7) is 8.44. The number of ether oxygens (including phenoxy) is 1. The third kappa shape index (κ3) is 6.47. The summed E-state index contributed by atoms with van der Waals surface area (Å²) in [6.07, 6.45) is -2.69. The van der Waals surface area contributed by atoms with Crippen molar-refractivity contribution in [3.8, 4) is 5.75 Å². The number of likely N-dealkylation sites (N-methyl/N-ethyl adjacent to an activating group) is 1. The molecule has 9 nitrogen and oxygen atoms in total. The van der Waals surface area contributed by atoms with Crippen molar-refractivity contribution in [1.29, 1.82) is 0 Å². The van der Waals surface area contributed by atoms with Gasteiger partial charge >= 0.3 is 6.11 Å². The first-order chi connectivity index (χ1) is 20.1. The van der Waals surface area contributed by atoms with E-state index in [0.29, 0.717) is 50.4 Å². The van der Waals surface area contributed by atoms with E-state index in [2.05, 4.69) is 36.3 Å². The number of hydrogen-bond acceptors (Lipinski definition) is 8. The fourth-order valence-corrected chi connectivity index (χ4v) is 6.19. The Morgan fingerprint density at radius 1 is 1.10 bits per heavy atom. The van der Waals surface area contributed by atoms with Crippen molar-refractivity contribution >= 4 is 11.7 Å². The molecule has 0 bridgehead atoms. The predicted octanol–water partition coefficient (Wildman–Crippen LogP) is 3.17. The standard InChI is InChI=1S/C29H38F4N6O3/c1-3-36-6-8-37(9-7-36)16-21(20-4-5-24(22(31)15-20)42-29(32,33)17-30)28(41)39-12-10-38(11-13-39)27-25-19(2)14-23(40)26(25)34-18-35-27/h4-5,15,18-19,21,23,40H,3,6-14,16-17H2,1-2H3/t19-,21?,23-/m1/s1. The Morgan fingerprint density at radius 2 is 1.79 bits per heavy atom. The van der Waals surface area contributed by atoms with Gasteiger partial charge in [0.2, 0.25) is 5.91 Å². The van der Waals surface area contributed by atoms with Crippen LogP contribution in [-0.2, 0) is 4.79 Å². The van der Waals surface area contributed by atoms with Gasteiger partial charge in [-0.25, -0.2) is 18.7 Å². The molecule has 3 aliphatic rings. The van der Waals surface area contributed by atoms with Crippen LogP contribution in [-0.4, -0.2) is 114 Å². The van der Waals surface area contributed by atoms with E-state index in [4.69, 9.17) is 0 Å². The van der Waals surface area contributed by atoms with Gasteiger partial charge in [-0.1, -0.05) is 19.9 Å². The molecule has 1 N–H and O–H groups in total. The zero-order chi connectivity index (χ0) is 30.0. The van der Waals surface area contributed by atoms with Crippen molar-refractivity contribution in [2.45, 2.75) is 44.3 Å². The second kappa shape index (κ2) is 12.7. The Labute approximate surface area is 243 Å². The highest BCUT2D eigenvalue weighted by Crippen LogP contribution is 2.43. The first kappa shape index (κ1) is 30.4. The molecule has 0 spiro atoms. The predicted molar refractivity (Wildman–Crippen MR) is 148 cm³/mol. The number of alkyl halides is 3. The molecule has 2 fully saturated rings. The van der Waals surface area contributed by atoms with Gasteiger partial charge < -0.3 is 24.5 Å². The lowest BCUT2D eigenvalue weighted by Gasteiger charge is -2.40. The molecule has 2 aliphatic heterocycles. The van der Waals surface area contributed by atoms with Crippen molar-refractivity contribution < 1.29 is 32.2 Å². The van der Waals surface area contributed by atoms with Gasteiger partial charge in [-0.3, -0.25) is 9.69 Å². The summed E-state index contributed by atoms with van der Waals surface area (Å²) in [5, 5.41) is 10.4. The van der Waals surface area contributed by atoms with Crippen LogP contribution in [0, 0.1) is 5.82 Å². The van der Waals surface area contributed by atoms with E-state index in [-0.39, 0.29) is 11.8 Å². The summed E-state index contributed by atoms with van der Waals surface area (Å²) in [7, 11) is 0. The fraction of sp³-hybridized carbons (Fsp3) is 0.621. The number of hydrogen-bond donors (Lipinski definition) is 1. The number of aromatic nitrogens is 2. The maximum atomic E-state index is 14.9. The Balaban J connectivity index is 1.33. The Hall–Kier alpha value is -3.03. The summed E-state index contributed by atoms with van der Waals surface area (Å²) in [5.74, 6) is -1.85. The van der Waals surface area contributed by atoms with Gasteiger partial charge in [0.05, 0.1) is 17.7 Å². The van der Waals surface area contributed by atoms with Gasteiger partial charge in [-0.05, 0) is 36.6 Å². The van der Waals surface area contributed by atoms with Crippen LogP contribution in [0.3, 0.4) is 0 Å². The number of halogens is 4. The lowest BCUT2D eigenvalue weighted by atomic mass is 9.95. The van der Waals surface area contributed by atoms with Crippen LogP contribution in [0.2, 0.25) is 0 Å². The van der Waals surface area contributed by atoms with Gasteiger partial charge in [0, 0.05) is 64.5 Å². The fourth-order valence-electron chi connectivity index (χ4n) is 6.19. The Morgan fingerprint density at radius 3 is 2.43 bits per heavy atom. The summed E-state index contributed by atoms with van der Waals surface area (Å²) in [6, 6.07) is 3.49. The highest BCUT2D eigenvalue weighted by atomic mass is 19.3. The number of piperazine rings is 2. The van der Waals surface area contributed by atoms with E-state index in [9.17, 15) is 27.5 Å². The molecular weight excluding hydrogens is 556 g/mol. The molecule has 13 heteroatoms. The van der Waals surface area contributed by atoms with E-state index in [1.54, 1.807) is 4.90 Å². The zero-order valence-electron chi connectivity index (χ0n) is 24.0. The van der Waals surface area contributed by atoms with Crippen molar-refractivity contribution in [1.82, 2.24) is 24.7 Å². The third-order valence-electron chi connectivity index (χ3n) is 8.59. The third-order valence-corrected chi connectivity index (χ3v) is 8.59. The second-order valence-corrected chi connectivity index (χ2v) is 11.3. The van der Waals surface area contributed by atoms with Crippen molar-refractivity contribution in [3.63, 3.8) is 0 Å². The maximum Gasteiger partial charge on any atom is 0.427 e. The van der Waals surface area contributed by atoms with E-state index in [1.165, 1.54) is 12.4 Å². The van der Waals surface area contributed by atoms with Crippen LogP contribution in [0.1, 0.15) is 55.0 Å². The van der Waals surface area contributed by atoms with E-state index < -0.39 is 36.4 Å². The van der Waals surface area contributed by atoms with E-state index >= 15 is 0 Å². The van der Waals surface area contributed by atoms with Crippen LogP contribution < -0.4 is 9.64 Å². The summed E-state index contributed by atoms with van der Waals surface area (Å²) in [5.41, 5.74) is 1.96. The monoisotopic (exact) mass is 594 g/mol. The number of aliphatic hydroxyl groups is 1. The minimum Gasteiger partial charge on any atom is -0.427 e. The molecule has 0 radical (unpaired) electrons. The Bertz CT molecular complexity index is 1250. The number of nitrogens with zero attached hydrogens (tertiary/aromatic N) is 6. The van der Waals surface area contributed by atoms with Crippen molar-refractivity contribution in [2.75, 3.05) is 77.0 Å². The lowest BCUT2D eigenvalue weighted by molar-refractivity contribution is -0.187. The number of amides is 1. The number of aliphatic hydroxyl groups excluding tert-OH is 1. The SMILES string of the molecule is CCN1CCN(CC(C(=O)N2CCN(c3ncnc4c3[C@H](C)C[C@H]4O)CC2)c2ccc(OC(F)(F)CF)c(F)c2)CC1. The number of anilines is 1. The summed E-state index contributed by atoms with van der Waals surface area (Å²) >= 11 is 0. The quantitative estimate of drug-likeness (QED) is 0.444. The molecule has 0 saturated carbocycles. The molecule has 2 saturated heterocycles. The van der Waals surface area contributed by atoms with Gasteiger partial charge in [0.1, 0.15) is 12.1 Å². The highest BCUT2D eigenvalue weighted by molar-refractivity contribution is 5.84. The minimum atomic E-state index is -4.14. The molecule has 1 aromatic heterocycles. The Kier molecular flexibility index (Phi) is 9.19. The number of rotatable bonds is 9. The molecule has 1 aliphatic carbocycles. The average Bonchev–Trinajstić information content (AvgIpc) is 3.30. The topological polar surface area (TPSA) is 85.3 Å². The molecule has 1 amide bonds. The maximum absolute atomic E-state index is 14.9. The van der Waals surface area contributed by atoms with Gasteiger partial charge in [0.25, 0.3) is 0 Å². The zero-order valence-corrected chi connectivity index (χ0v) is 24.0. The van der Waals surface area contributed by atoms with Crippen molar-refractivity contribution in [3.05, 3.63) is 47.2 Å². The van der Waals surface area contributed by atoms with Crippen LogP contribution in [0.5, 0.6) is 5.75 Å². The number of carbonyl (C=O) groups is 1. The van der Waals surface area contributed by atoms with E-state index in [1.807, 2.05) is 6.92 Å². The molecule has 1 unspecified atom stereocenters. The number of carbonyl (C=O) groups excluding carboxylic acids is 1. The lowest BCUT2D eigenvalue weighted by Crippen LogP contribution is -2.53. The highest BCUT2D eigenvalue weighted by Gasteiger charge is 2.37. The molecule has 1 aromatic carbocycles. The number of benzene rings is 1. The van der Waals surface area contributed by atoms with Crippen molar-refractivity contribution in [2.24, 2.45) is 0 Å². The first-order valence-electron chi connectivity index (χ1n) is 14.5. The molecule has 2 aromatic rings. The molecule has 42 heavy (non-hydrogen) atoms. The smallest absolute Gasteiger partial charge is 0.427 e. The molecule has 3 atom stereocenters. The summed E-state index contributed by atoms with van der Waals surface area (Å²) in [4.78, 5) is 31.1. The van der Waals surface area contributed by atoms with Crippen LogP contribution in [0.25, 0.3) is 0 Å².